The Balaban J connectivity index is 2.00. The number of hydrogen-bond donors (Lipinski definition) is 2. The van der Waals surface area contributed by atoms with Gasteiger partial charge in [0.05, 0.1) is 24.0 Å². The number of rotatable bonds is 9. The van der Waals surface area contributed by atoms with Gasteiger partial charge in [-0.25, -0.2) is 9.97 Å². The van der Waals surface area contributed by atoms with Crippen LogP contribution < -0.4 is 10.2 Å². The summed E-state index contributed by atoms with van der Waals surface area (Å²) in [7, 11) is 0. The van der Waals surface area contributed by atoms with Crippen LogP contribution in [-0.4, -0.2) is 46.8 Å². The van der Waals surface area contributed by atoms with Gasteiger partial charge in [-0.3, -0.25) is 4.79 Å². The van der Waals surface area contributed by atoms with E-state index in [0.29, 0.717) is 17.1 Å². The fourth-order valence-electron chi connectivity index (χ4n) is 3.85. The highest BCUT2D eigenvalue weighted by molar-refractivity contribution is 6.29. The van der Waals surface area contributed by atoms with Crippen molar-refractivity contribution in [2.24, 2.45) is 5.92 Å². The van der Waals surface area contributed by atoms with Crippen molar-refractivity contribution in [2.75, 3.05) is 30.0 Å². The molecule has 2 N–H and O–H groups in total. The van der Waals surface area contributed by atoms with Crippen LogP contribution >= 0.6 is 11.6 Å². The van der Waals surface area contributed by atoms with Gasteiger partial charge in [0.25, 0.3) is 0 Å². The number of aromatic nitrogens is 2. The highest BCUT2D eigenvalue weighted by Gasteiger charge is 2.26. The molecule has 1 atom stereocenters. The number of carbonyl (C=O) groups is 1. The lowest BCUT2D eigenvalue weighted by atomic mass is 9.98. The first-order chi connectivity index (χ1) is 14.8. The Morgan fingerprint density at radius 3 is 2.61 bits per heavy atom. The Morgan fingerprint density at radius 1 is 1.26 bits per heavy atom. The first-order valence-corrected chi connectivity index (χ1v) is 11.2. The Labute approximate surface area is 188 Å². The van der Waals surface area contributed by atoms with Crippen LogP contribution in [0.5, 0.6) is 0 Å². The molecule has 2 aromatic rings. The normalized spacial score (nSPS) is 15.6. The molecule has 0 radical (unpaired) electrons. The number of aliphatic carboxylic acids is 1. The molecule has 168 valence electrons. The minimum atomic E-state index is -0.823. The van der Waals surface area contributed by atoms with E-state index in [0.717, 1.165) is 55.4 Å². The molecule has 1 fully saturated rings. The number of hydrogen-bond acceptors (Lipinski definition) is 6. The lowest BCUT2D eigenvalue weighted by molar-refractivity contribution is -0.137. The molecule has 0 amide bonds. The van der Waals surface area contributed by atoms with Crippen molar-refractivity contribution in [1.82, 2.24) is 9.97 Å². The van der Waals surface area contributed by atoms with Gasteiger partial charge in [0.15, 0.2) is 5.82 Å². The average molecular weight is 447 g/mol. The third kappa shape index (κ3) is 6.55. The summed E-state index contributed by atoms with van der Waals surface area (Å²) >= 11 is 5.94. The molecule has 3 rings (SSSR count). The molecule has 0 aromatic carbocycles. The van der Waals surface area contributed by atoms with Crippen LogP contribution in [0.1, 0.15) is 51.5 Å². The summed E-state index contributed by atoms with van der Waals surface area (Å²) in [5.74, 6) is 0.350. The van der Waals surface area contributed by atoms with Gasteiger partial charge in [-0.15, -0.1) is 0 Å². The molecule has 0 saturated carbocycles. The van der Waals surface area contributed by atoms with E-state index in [2.05, 4.69) is 29.0 Å². The van der Waals surface area contributed by atoms with E-state index in [-0.39, 0.29) is 12.3 Å². The van der Waals surface area contributed by atoms with E-state index in [1.54, 1.807) is 18.5 Å². The van der Waals surface area contributed by atoms with Crippen LogP contribution in [0.2, 0.25) is 5.15 Å². The van der Waals surface area contributed by atoms with Gasteiger partial charge in [-0.1, -0.05) is 32.4 Å². The summed E-state index contributed by atoms with van der Waals surface area (Å²) in [4.78, 5) is 22.6. The second-order valence-electron chi connectivity index (χ2n) is 8.52. The standard InChI is InChI=1S/C23H31ClN4O3/c1-15(2)14-28(19-6-8-31-9-7-19)23-20(27-18-4-5-21(24)25-13-18)11-17(12-26-23)16(3)10-22(29)30/h4-5,11-13,15-16,19,27H,6-10,14H2,1-3H3,(H,29,30). The summed E-state index contributed by atoms with van der Waals surface area (Å²) < 4.78 is 5.58. The van der Waals surface area contributed by atoms with Crippen LogP contribution in [0.3, 0.4) is 0 Å². The predicted octanol–water partition coefficient (Wildman–Crippen LogP) is 5.09. The number of nitrogens with zero attached hydrogens (tertiary/aromatic N) is 3. The number of carboxylic acids is 1. The van der Waals surface area contributed by atoms with E-state index in [4.69, 9.17) is 21.3 Å². The molecule has 31 heavy (non-hydrogen) atoms. The zero-order valence-electron chi connectivity index (χ0n) is 18.3. The van der Waals surface area contributed by atoms with E-state index in [1.807, 2.05) is 19.1 Å². The van der Waals surface area contributed by atoms with E-state index in [1.165, 1.54) is 0 Å². The minimum absolute atomic E-state index is 0.0542. The molecule has 7 nitrogen and oxygen atoms in total. The summed E-state index contributed by atoms with van der Waals surface area (Å²) in [6, 6.07) is 5.96. The molecule has 2 aromatic heterocycles. The molecule has 1 aliphatic rings. The number of nitrogens with one attached hydrogen (secondary N) is 1. The topological polar surface area (TPSA) is 87.6 Å². The van der Waals surface area contributed by atoms with Crippen molar-refractivity contribution in [1.29, 1.82) is 0 Å². The quantitative estimate of drug-likeness (QED) is 0.518. The van der Waals surface area contributed by atoms with E-state index >= 15 is 0 Å². The maximum absolute atomic E-state index is 11.2. The van der Waals surface area contributed by atoms with Crippen LogP contribution in [0.15, 0.2) is 30.6 Å². The van der Waals surface area contributed by atoms with Gasteiger partial charge >= 0.3 is 5.97 Å². The Morgan fingerprint density at radius 2 is 2.00 bits per heavy atom. The van der Waals surface area contributed by atoms with Crippen LogP contribution in [0.25, 0.3) is 0 Å². The first-order valence-electron chi connectivity index (χ1n) is 10.8. The van der Waals surface area contributed by atoms with Crippen molar-refractivity contribution in [3.8, 4) is 0 Å². The predicted molar refractivity (Wildman–Crippen MR) is 123 cm³/mol. The van der Waals surface area contributed by atoms with Gasteiger partial charge in [0.1, 0.15) is 5.15 Å². The van der Waals surface area contributed by atoms with Crippen molar-refractivity contribution < 1.29 is 14.6 Å². The van der Waals surface area contributed by atoms with Gasteiger partial charge in [-0.05, 0) is 48.4 Å². The number of halogens is 1. The Kier molecular flexibility index (Phi) is 8.09. The van der Waals surface area contributed by atoms with Crippen molar-refractivity contribution in [3.63, 3.8) is 0 Å². The molecular formula is C23H31ClN4O3. The first kappa shape index (κ1) is 23.3. The smallest absolute Gasteiger partial charge is 0.303 e. The summed E-state index contributed by atoms with van der Waals surface area (Å²) in [5.41, 5.74) is 2.52. The van der Waals surface area contributed by atoms with Crippen LogP contribution in [0.4, 0.5) is 17.2 Å². The molecule has 0 aliphatic carbocycles. The van der Waals surface area contributed by atoms with Crippen molar-refractivity contribution >= 4 is 34.8 Å². The molecule has 1 unspecified atom stereocenters. The number of pyridine rings is 2. The van der Waals surface area contributed by atoms with E-state index in [9.17, 15) is 9.90 Å². The largest absolute Gasteiger partial charge is 0.481 e. The maximum atomic E-state index is 11.2. The third-order valence-corrected chi connectivity index (χ3v) is 5.63. The SMILES string of the molecule is CC(C)CN(c1ncc(C(C)CC(=O)O)cc1Nc1ccc(Cl)nc1)C1CCOCC1. The average Bonchev–Trinajstić information content (AvgIpc) is 2.74. The molecule has 1 aliphatic heterocycles. The van der Waals surface area contributed by atoms with Crippen LogP contribution in [0, 0.1) is 5.92 Å². The zero-order valence-corrected chi connectivity index (χ0v) is 19.1. The third-order valence-electron chi connectivity index (χ3n) is 5.41. The molecule has 8 heteroatoms. The van der Waals surface area contributed by atoms with Crippen LogP contribution in [-0.2, 0) is 9.53 Å². The minimum Gasteiger partial charge on any atom is -0.481 e. The summed E-state index contributed by atoms with van der Waals surface area (Å²) in [6.07, 6.45) is 5.45. The van der Waals surface area contributed by atoms with Gasteiger partial charge in [-0.2, -0.15) is 0 Å². The molecule has 0 spiro atoms. The molecule has 0 bridgehead atoms. The highest BCUT2D eigenvalue weighted by Crippen LogP contribution is 2.34. The monoisotopic (exact) mass is 446 g/mol. The maximum Gasteiger partial charge on any atom is 0.303 e. The fourth-order valence-corrected chi connectivity index (χ4v) is 3.96. The number of carboxylic acid groups (broad SMARTS) is 1. The number of anilines is 3. The molecular weight excluding hydrogens is 416 g/mol. The summed E-state index contributed by atoms with van der Waals surface area (Å²) in [5, 5.41) is 13.1. The van der Waals surface area contributed by atoms with Gasteiger partial charge in [0.2, 0.25) is 0 Å². The molecule has 1 saturated heterocycles. The van der Waals surface area contributed by atoms with Gasteiger partial charge in [0, 0.05) is 32.0 Å². The van der Waals surface area contributed by atoms with Gasteiger partial charge < -0.3 is 20.1 Å². The summed E-state index contributed by atoms with van der Waals surface area (Å²) in [6.45, 7) is 8.67. The Bertz CT molecular complexity index is 870. The molecule has 3 heterocycles. The second-order valence-corrected chi connectivity index (χ2v) is 8.91. The Hall–Kier alpha value is -2.38. The lowest BCUT2D eigenvalue weighted by Gasteiger charge is -2.37. The highest BCUT2D eigenvalue weighted by atomic mass is 35.5. The van der Waals surface area contributed by atoms with E-state index < -0.39 is 5.97 Å². The van der Waals surface area contributed by atoms with Crippen molar-refractivity contribution in [2.45, 2.75) is 52.0 Å². The second kappa shape index (κ2) is 10.8. The zero-order chi connectivity index (χ0) is 22.4. The lowest BCUT2D eigenvalue weighted by Crippen LogP contribution is -2.42. The fraction of sp³-hybridized carbons (Fsp3) is 0.522. The van der Waals surface area contributed by atoms with Crippen molar-refractivity contribution in [3.05, 3.63) is 41.3 Å². The number of ether oxygens (including phenoxy) is 1.